The van der Waals surface area contributed by atoms with E-state index in [1.54, 1.807) is 19.1 Å². The number of anilines is 1. The Kier molecular flexibility index (Phi) is 10.7. The molecule has 0 heterocycles. The zero-order chi connectivity index (χ0) is 28.6. The Morgan fingerprint density at radius 1 is 1.00 bits per heavy atom. The van der Waals surface area contributed by atoms with Crippen LogP contribution in [-0.4, -0.2) is 44.3 Å². The number of rotatable bonds is 12. The first kappa shape index (κ1) is 30.3. The summed E-state index contributed by atoms with van der Waals surface area (Å²) in [5.41, 5.74) is 1.35. The summed E-state index contributed by atoms with van der Waals surface area (Å²) in [4.78, 5) is 28.0. The number of aryl methyl sites for hydroxylation is 1. The van der Waals surface area contributed by atoms with Crippen LogP contribution in [-0.2, 0) is 26.2 Å². The van der Waals surface area contributed by atoms with E-state index < -0.39 is 34.3 Å². The van der Waals surface area contributed by atoms with Crippen LogP contribution in [0, 0.1) is 12.7 Å². The van der Waals surface area contributed by atoms with Crippen molar-refractivity contribution in [3.63, 3.8) is 0 Å². The van der Waals surface area contributed by atoms with Gasteiger partial charge < -0.3 is 10.2 Å². The molecule has 1 N–H and O–H groups in total. The molecule has 0 spiro atoms. The van der Waals surface area contributed by atoms with Gasteiger partial charge in [-0.15, -0.1) is 0 Å². The molecule has 3 aromatic rings. The molecule has 3 aromatic carbocycles. The molecule has 0 unspecified atom stereocenters. The van der Waals surface area contributed by atoms with Gasteiger partial charge in [-0.2, -0.15) is 0 Å². The van der Waals surface area contributed by atoms with Crippen molar-refractivity contribution in [3.8, 4) is 0 Å². The molecule has 10 heteroatoms. The Morgan fingerprint density at radius 2 is 1.64 bits per heavy atom. The number of carbonyl (C=O) groups excluding carboxylic acids is 2. The van der Waals surface area contributed by atoms with Crippen LogP contribution in [0.25, 0.3) is 0 Å². The summed E-state index contributed by atoms with van der Waals surface area (Å²) in [6.07, 6.45) is 1.68. The van der Waals surface area contributed by atoms with Gasteiger partial charge in [0.25, 0.3) is 10.0 Å². The zero-order valence-corrected chi connectivity index (χ0v) is 24.6. The van der Waals surface area contributed by atoms with Gasteiger partial charge in [0.05, 0.1) is 10.6 Å². The molecule has 0 aliphatic rings. The minimum Gasteiger partial charge on any atom is -0.354 e. The number of hydrogen-bond acceptors (Lipinski definition) is 4. The van der Waals surface area contributed by atoms with E-state index in [0.29, 0.717) is 6.54 Å². The molecule has 2 amide bonds. The number of para-hydroxylation sites is 1. The largest absolute Gasteiger partial charge is 0.354 e. The fourth-order valence-corrected chi connectivity index (χ4v) is 5.60. The van der Waals surface area contributed by atoms with Crippen molar-refractivity contribution >= 4 is 43.5 Å². The van der Waals surface area contributed by atoms with Gasteiger partial charge >= 0.3 is 0 Å². The van der Waals surface area contributed by atoms with Gasteiger partial charge in [-0.25, -0.2) is 12.8 Å². The number of carbonyl (C=O) groups is 2. The van der Waals surface area contributed by atoms with Crippen molar-refractivity contribution in [2.24, 2.45) is 0 Å². The fourth-order valence-electron chi connectivity index (χ4n) is 3.91. The highest BCUT2D eigenvalue weighted by atomic mass is 79.9. The molecule has 0 aromatic heterocycles. The number of hydrogen-bond donors (Lipinski definition) is 1. The van der Waals surface area contributed by atoms with Crippen molar-refractivity contribution < 1.29 is 22.4 Å². The number of sulfonamides is 1. The minimum absolute atomic E-state index is 0.0597. The second kappa shape index (κ2) is 13.7. The molecule has 0 aliphatic carbocycles. The number of benzene rings is 3. The van der Waals surface area contributed by atoms with E-state index in [1.807, 2.05) is 38.1 Å². The van der Waals surface area contributed by atoms with Crippen molar-refractivity contribution in [3.05, 3.63) is 94.2 Å². The monoisotopic (exact) mass is 617 g/mol. The molecule has 7 nitrogen and oxygen atoms in total. The summed E-state index contributed by atoms with van der Waals surface area (Å²) in [6, 6.07) is 17.9. The number of amides is 2. The van der Waals surface area contributed by atoms with E-state index in [0.717, 1.165) is 38.8 Å². The highest BCUT2D eigenvalue weighted by Crippen LogP contribution is 2.27. The second-order valence-electron chi connectivity index (χ2n) is 9.24. The summed E-state index contributed by atoms with van der Waals surface area (Å²) in [5, 5.41) is 2.84. The molecule has 0 saturated carbocycles. The van der Waals surface area contributed by atoms with E-state index in [9.17, 15) is 22.4 Å². The van der Waals surface area contributed by atoms with E-state index in [-0.39, 0.29) is 23.0 Å². The quantitative estimate of drug-likeness (QED) is 0.275. The van der Waals surface area contributed by atoms with Crippen LogP contribution in [0.3, 0.4) is 0 Å². The van der Waals surface area contributed by atoms with Gasteiger partial charge in [0.2, 0.25) is 11.8 Å². The maximum atomic E-state index is 14.9. The maximum absolute atomic E-state index is 14.9. The average molecular weight is 619 g/mol. The first-order chi connectivity index (χ1) is 18.5. The topological polar surface area (TPSA) is 86.8 Å². The van der Waals surface area contributed by atoms with Gasteiger partial charge in [-0.1, -0.05) is 71.2 Å². The van der Waals surface area contributed by atoms with Crippen molar-refractivity contribution in [2.45, 2.75) is 51.1 Å². The summed E-state index contributed by atoms with van der Waals surface area (Å²) in [6.45, 7) is 5.25. The SMILES string of the molecule is CCCCNC(=O)[C@@H](C)N(Cc1ccc(Br)cc1)C(=O)CN(c1ccccc1F)S(=O)(=O)c1ccc(C)cc1. The third-order valence-electron chi connectivity index (χ3n) is 6.27. The van der Waals surface area contributed by atoms with Gasteiger partial charge in [0.1, 0.15) is 18.4 Å². The lowest BCUT2D eigenvalue weighted by Crippen LogP contribution is -2.51. The zero-order valence-electron chi connectivity index (χ0n) is 22.2. The van der Waals surface area contributed by atoms with Crippen LogP contribution in [0.5, 0.6) is 0 Å². The maximum Gasteiger partial charge on any atom is 0.264 e. The predicted octanol–water partition coefficient (Wildman–Crippen LogP) is 5.43. The number of nitrogens with one attached hydrogen (secondary N) is 1. The third kappa shape index (κ3) is 7.89. The van der Waals surface area contributed by atoms with E-state index in [1.165, 1.54) is 35.2 Å². The van der Waals surface area contributed by atoms with Gasteiger partial charge in [-0.05, 0) is 62.2 Å². The molecule has 3 rings (SSSR count). The van der Waals surface area contributed by atoms with E-state index in [2.05, 4.69) is 21.2 Å². The summed E-state index contributed by atoms with van der Waals surface area (Å²) in [7, 11) is -4.32. The number of unbranched alkanes of at least 4 members (excludes halogenated alkanes) is 1. The first-order valence-electron chi connectivity index (χ1n) is 12.7. The normalized spacial score (nSPS) is 12.0. The predicted molar refractivity (Wildman–Crippen MR) is 154 cm³/mol. The molecule has 0 bridgehead atoms. The molecule has 208 valence electrons. The highest BCUT2D eigenvalue weighted by Gasteiger charge is 2.33. The number of nitrogens with zero attached hydrogens (tertiary/aromatic N) is 2. The average Bonchev–Trinajstić information content (AvgIpc) is 2.91. The van der Waals surface area contributed by atoms with Crippen LogP contribution in [0.2, 0.25) is 0 Å². The number of halogens is 2. The summed E-state index contributed by atoms with van der Waals surface area (Å²) >= 11 is 3.39. The lowest BCUT2D eigenvalue weighted by atomic mass is 10.1. The van der Waals surface area contributed by atoms with E-state index >= 15 is 0 Å². The smallest absolute Gasteiger partial charge is 0.264 e. The molecule has 0 saturated heterocycles. The van der Waals surface area contributed by atoms with Gasteiger partial charge in [0, 0.05) is 17.6 Å². The lowest BCUT2D eigenvalue weighted by Gasteiger charge is -2.32. The molecular weight excluding hydrogens is 585 g/mol. The van der Waals surface area contributed by atoms with Crippen LogP contribution in [0.15, 0.2) is 82.2 Å². The Hall–Kier alpha value is -3.24. The molecule has 1 atom stereocenters. The van der Waals surface area contributed by atoms with Crippen molar-refractivity contribution in [2.75, 3.05) is 17.4 Å². The van der Waals surface area contributed by atoms with Crippen LogP contribution < -0.4 is 9.62 Å². The van der Waals surface area contributed by atoms with Crippen molar-refractivity contribution in [1.29, 1.82) is 0 Å². The minimum atomic E-state index is -4.32. The molecule has 39 heavy (non-hydrogen) atoms. The van der Waals surface area contributed by atoms with Crippen LogP contribution >= 0.6 is 15.9 Å². The molecular formula is C29H33BrFN3O4S. The third-order valence-corrected chi connectivity index (χ3v) is 8.57. The van der Waals surface area contributed by atoms with Gasteiger partial charge in [0.15, 0.2) is 0 Å². The second-order valence-corrected chi connectivity index (χ2v) is 12.0. The van der Waals surface area contributed by atoms with Crippen LogP contribution in [0.1, 0.15) is 37.8 Å². The van der Waals surface area contributed by atoms with Crippen LogP contribution in [0.4, 0.5) is 10.1 Å². The molecule has 0 fully saturated rings. The Bertz CT molecular complexity index is 1380. The molecule has 0 radical (unpaired) electrons. The lowest BCUT2D eigenvalue weighted by molar-refractivity contribution is -0.139. The Morgan fingerprint density at radius 3 is 2.26 bits per heavy atom. The highest BCUT2D eigenvalue weighted by molar-refractivity contribution is 9.10. The van der Waals surface area contributed by atoms with E-state index in [4.69, 9.17) is 0 Å². The Labute approximate surface area is 238 Å². The van der Waals surface area contributed by atoms with Crippen molar-refractivity contribution in [1.82, 2.24) is 10.2 Å². The van der Waals surface area contributed by atoms with Gasteiger partial charge in [-0.3, -0.25) is 13.9 Å². The summed E-state index contributed by atoms with van der Waals surface area (Å²) < 4.78 is 44.0. The Balaban J connectivity index is 2.00. The first-order valence-corrected chi connectivity index (χ1v) is 14.9. The summed E-state index contributed by atoms with van der Waals surface area (Å²) in [5.74, 6) is -1.78. The molecule has 0 aliphatic heterocycles. The standard InChI is InChI=1S/C29H33BrFN3O4S/c1-4-5-18-32-29(36)22(3)33(19-23-12-14-24(30)15-13-23)28(35)20-34(27-9-7-6-8-26(27)31)39(37,38)25-16-10-21(2)11-17-25/h6-17,22H,4-5,18-20H2,1-3H3,(H,32,36)/t22-/m1/s1. The fraction of sp³-hybridized carbons (Fsp3) is 0.310.